The lowest BCUT2D eigenvalue weighted by atomic mass is 10.1. The van der Waals surface area contributed by atoms with Gasteiger partial charge in [0, 0.05) is 11.6 Å². The number of rotatable bonds is 3. The highest BCUT2D eigenvalue weighted by molar-refractivity contribution is 6.34. The molecule has 1 aromatic carbocycles. The Bertz CT molecular complexity index is 606. The van der Waals surface area contributed by atoms with Crippen LogP contribution in [0.4, 0.5) is 0 Å². The Labute approximate surface area is 108 Å². The van der Waals surface area contributed by atoms with Gasteiger partial charge in [-0.05, 0) is 24.6 Å². The van der Waals surface area contributed by atoms with Gasteiger partial charge in [-0.2, -0.15) is 0 Å². The van der Waals surface area contributed by atoms with Gasteiger partial charge in [0.1, 0.15) is 5.75 Å². The maximum Gasteiger partial charge on any atom is 0.358 e. The summed E-state index contributed by atoms with van der Waals surface area (Å²) >= 11 is 6.15. The van der Waals surface area contributed by atoms with Gasteiger partial charge < -0.3 is 14.4 Å². The minimum Gasteiger partial charge on any atom is -0.497 e. The molecule has 0 saturated heterocycles. The fourth-order valence-electron chi connectivity index (χ4n) is 1.54. The third-order valence-electron chi connectivity index (χ3n) is 2.46. The van der Waals surface area contributed by atoms with E-state index < -0.39 is 5.97 Å². The molecule has 0 unspecified atom stereocenters. The summed E-state index contributed by atoms with van der Waals surface area (Å²) in [4.78, 5) is 10.7. The Hall–Kier alpha value is -2.01. The third-order valence-corrected chi connectivity index (χ3v) is 2.96. The second-order valence-electron chi connectivity index (χ2n) is 3.69. The summed E-state index contributed by atoms with van der Waals surface area (Å²) in [6, 6.07) is 4.77. The van der Waals surface area contributed by atoms with E-state index in [0.717, 1.165) is 5.56 Å². The number of ether oxygens (including phenoxy) is 1. The molecule has 6 heteroatoms. The molecule has 1 N–H and O–H groups in total. The van der Waals surface area contributed by atoms with E-state index in [9.17, 15) is 4.79 Å². The highest BCUT2D eigenvalue weighted by Crippen LogP contribution is 2.34. The van der Waals surface area contributed by atoms with Crippen molar-refractivity contribution in [3.05, 3.63) is 34.5 Å². The molecule has 0 atom stereocenters. The SMILES string of the molecule is COc1cc(C)c(Cl)c(-c2cc(C(=O)O)no2)c1. The van der Waals surface area contributed by atoms with Gasteiger partial charge in [0.25, 0.3) is 0 Å². The van der Waals surface area contributed by atoms with Crippen molar-refractivity contribution in [3.63, 3.8) is 0 Å². The molecular weight excluding hydrogens is 258 g/mol. The molecule has 18 heavy (non-hydrogen) atoms. The second kappa shape index (κ2) is 4.70. The predicted molar refractivity (Wildman–Crippen MR) is 65.2 cm³/mol. The van der Waals surface area contributed by atoms with Crippen molar-refractivity contribution in [2.24, 2.45) is 0 Å². The molecule has 2 rings (SSSR count). The molecule has 0 bridgehead atoms. The van der Waals surface area contributed by atoms with E-state index in [1.807, 2.05) is 6.92 Å². The molecule has 0 amide bonds. The first-order valence-corrected chi connectivity index (χ1v) is 5.45. The van der Waals surface area contributed by atoms with Gasteiger partial charge in [-0.25, -0.2) is 4.79 Å². The number of hydrogen-bond donors (Lipinski definition) is 1. The maximum atomic E-state index is 10.7. The van der Waals surface area contributed by atoms with Crippen molar-refractivity contribution in [3.8, 4) is 17.1 Å². The van der Waals surface area contributed by atoms with E-state index in [1.54, 1.807) is 12.1 Å². The number of aromatic nitrogens is 1. The van der Waals surface area contributed by atoms with Crippen LogP contribution in [0.25, 0.3) is 11.3 Å². The van der Waals surface area contributed by atoms with Gasteiger partial charge in [0.15, 0.2) is 11.5 Å². The quantitative estimate of drug-likeness (QED) is 0.925. The minimum atomic E-state index is -1.15. The van der Waals surface area contributed by atoms with Crippen molar-refractivity contribution in [1.82, 2.24) is 5.16 Å². The number of nitrogens with zero attached hydrogens (tertiary/aromatic N) is 1. The molecule has 94 valence electrons. The zero-order chi connectivity index (χ0) is 13.3. The van der Waals surface area contributed by atoms with Crippen molar-refractivity contribution in [2.45, 2.75) is 6.92 Å². The first-order chi connectivity index (χ1) is 8.52. The third kappa shape index (κ3) is 2.17. The van der Waals surface area contributed by atoms with Crippen LogP contribution >= 0.6 is 11.6 Å². The number of carboxylic acid groups (broad SMARTS) is 1. The minimum absolute atomic E-state index is 0.165. The Morgan fingerprint density at radius 2 is 2.17 bits per heavy atom. The van der Waals surface area contributed by atoms with Gasteiger partial charge in [0.2, 0.25) is 0 Å². The monoisotopic (exact) mass is 267 g/mol. The molecule has 2 aromatic rings. The Kier molecular flexibility index (Phi) is 3.25. The normalized spacial score (nSPS) is 10.4. The lowest BCUT2D eigenvalue weighted by Gasteiger charge is -2.07. The van der Waals surface area contributed by atoms with E-state index in [0.29, 0.717) is 22.1 Å². The average Bonchev–Trinajstić information content (AvgIpc) is 2.82. The molecule has 1 heterocycles. The number of methoxy groups -OCH3 is 1. The first kappa shape index (κ1) is 12.4. The molecule has 0 aliphatic rings. The topological polar surface area (TPSA) is 72.6 Å². The van der Waals surface area contributed by atoms with Gasteiger partial charge in [-0.3, -0.25) is 0 Å². The van der Waals surface area contributed by atoms with Crippen LogP contribution in [0.5, 0.6) is 5.75 Å². The van der Waals surface area contributed by atoms with E-state index in [2.05, 4.69) is 5.16 Å². The zero-order valence-corrected chi connectivity index (χ0v) is 10.5. The summed E-state index contributed by atoms with van der Waals surface area (Å²) in [7, 11) is 1.54. The van der Waals surface area contributed by atoms with Crippen molar-refractivity contribution in [1.29, 1.82) is 0 Å². The number of hydrogen-bond acceptors (Lipinski definition) is 4. The molecular formula is C12H10ClNO4. The Morgan fingerprint density at radius 1 is 1.44 bits per heavy atom. The molecule has 0 aliphatic carbocycles. The lowest BCUT2D eigenvalue weighted by Crippen LogP contribution is -1.94. The molecule has 0 fully saturated rings. The van der Waals surface area contributed by atoms with Gasteiger partial charge in [0.05, 0.1) is 12.1 Å². The highest BCUT2D eigenvalue weighted by atomic mass is 35.5. The van der Waals surface area contributed by atoms with E-state index in [-0.39, 0.29) is 5.69 Å². The van der Waals surface area contributed by atoms with Crippen molar-refractivity contribution in [2.75, 3.05) is 7.11 Å². The summed E-state index contributed by atoms with van der Waals surface area (Å²) < 4.78 is 10.1. The van der Waals surface area contributed by atoms with Crippen molar-refractivity contribution < 1.29 is 19.2 Å². The van der Waals surface area contributed by atoms with Crippen LogP contribution in [-0.4, -0.2) is 23.3 Å². The van der Waals surface area contributed by atoms with E-state index in [1.165, 1.54) is 13.2 Å². The number of aryl methyl sites for hydroxylation is 1. The van der Waals surface area contributed by atoms with Gasteiger partial charge >= 0.3 is 5.97 Å². The molecule has 5 nitrogen and oxygen atoms in total. The van der Waals surface area contributed by atoms with Crippen LogP contribution in [0.15, 0.2) is 22.7 Å². The van der Waals surface area contributed by atoms with Crippen LogP contribution < -0.4 is 4.74 Å². The molecule has 1 aromatic heterocycles. The van der Waals surface area contributed by atoms with E-state index in [4.69, 9.17) is 26.0 Å². The summed E-state index contributed by atoms with van der Waals surface area (Å²) in [6.07, 6.45) is 0. The summed E-state index contributed by atoms with van der Waals surface area (Å²) in [5.74, 6) is -0.250. The van der Waals surface area contributed by atoms with Crippen LogP contribution in [0.3, 0.4) is 0 Å². The number of halogens is 1. The van der Waals surface area contributed by atoms with Gasteiger partial charge in [-0.15, -0.1) is 0 Å². The number of carboxylic acids is 1. The summed E-state index contributed by atoms with van der Waals surface area (Å²) in [5.41, 5.74) is 1.19. The maximum absolute atomic E-state index is 10.7. The van der Waals surface area contributed by atoms with Crippen LogP contribution in [0.2, 0.25) is 5.02 Å². The fourth-order valence-corrected chi connectivity index (χ4v) is 1.74. The van der Waals surface area contributed by atoms with E-state index >= 15 is 0 Å². The fraction of sp³-hybridized carbons (Fsp3) is 0.167. The number of aromatic carboxylic acids is 1. The van der Waals surface area contributed by atoms with Crippen LogP contribution in [-0.2, 0) is 0 Å². The van der Waals surface area contributed by atoms with Crippen LogP contribution in [0, 0.1) is 6.92 Å². The number of benzene rings is 1. The molecule has 0 aliphatic heterocycles. The molecule has 0 saturated carbocycles. The molecule has 0 radical (unpaired) electrons. The summed E-state index contributed by atoms with van der Waals surface area (Å²) in [5, 5.41) is 12.7. The summed E-state index contributed by atoms with van der Waals surface area (Å²) in [6.45, 7) is 1.82. The van der Waals surface area contributed by atoms with Gasteiger partial charge in [-0.1, -0.05) is 16.8 Å². The smallest absolute Gasteiger partial charge is 0.358 e. The lowest BCUT2D eigenvalue weighted by molar-refractivity contribution is 0.0686. The van der Waals surface area contributed by atoms with Crippen molar-refractivity contribution >= 4 is 17.6 Å². The second-order valence-corrected chi connectivity index (χ2v) is 4.07. The Balaban J connectivity index is 2.55. The predicted octanol–water partition coefficient (Wildman–Crippen LogP) is 3.01. The standard InChI is InChI=1S/C12H10ClNO4/c1-6-3-7(17-2)4-8(11(6)13)10-5-9(12(15)16)14-18-10/h3-5H,1-2H3,(H,15,16). The molecule has 0 spiro atoms. The van der Waals surface area contributed by atoms with Crippen LogP contribution in [0.1, 0.15) is 16.1 Å². The number of carbonyl (C=O) groups is 1. The zero-order valence-electron chi connectivity index (χ0n) is 9.73. The Morgan fingerprint density at radius 3 is 2.72 bits per heavy atom. The largest absolute Gasteiger partial charge is 0.497 e. The highest BCUT2D eigenvalue weighted by Gasteiger charge is 2.16. The first-order valence-electron chi connectivity index (χ1n) is 5.07. The average molecular weight is 268 g/mol.